The maximum atomic E-state index is 12.0. The van der Waals surface area contributed by atoms with Gasteiger partial charge < -0.3 is 21.3 Å². The zero-order chi connectivity index (χ0) is 22.1. The highest BCUT2D eigenvalue weighted by atomic mass is 127. The topological polar surface area (TPSA) is 99.8 Å². The number of rotatable bonds is 8. The van der Waals surface area contributed by atoms with Gasteiger partial charge in [0.05, 0.1) is 13.1 Å². The van der Waals surface area contributed by atoms with Crippen molar-refractivity contribution < 1.29 is 9.59 Å². The fraction of sp³-hybridized carbons (Fsp3) is 0.375. The van der Waals surface area contributed by atoms with Gasteiger partial charge in [-0.15, -0.1) is 24.0 Å². The Morgan fingerprint density at radius 2 is 1.78 bits per heavy atom. The molecule has 0 saturated carbocycles. The van der Waals surface area contributed by atoms with Crippen LogP contribution >= 0.6 is 24.0 Å². The Morgan fingerprint density at radius 3 is 2.44 bits per heavy atom. The number of nitrogens with zero attached hydrogens (tertiary/aromatic N) is 2. The number of aliphatic imine (C=N–C) groups is 1. The number of hydrogen-bond acceptors (Lipinski definition) is 3. The van der Waals surface area contributed by atoms with Crippen LogP contribution in [-0.2, 0) is 17.8 Å². The molecule has 32 heavy (non-hydrogen) atoms. The lowest BCUT2D eigenvalue weighted by Gasteiger charge is -2.21. The van der Waals surface area contributed by atoms with Gasteiger partial charge in [-0.05, 0) is 48.9 Å². The van der Waals surface area contributed by atoms with Crippen LogP contribution < -0.4 is 16.4 Å². The highest BCUT2D eigenvalue weighted by Crippen LogP contribution is 2.21. The van der Waals surface area contributed by atoms with Crippen molar-refractivity contribution in [3.8, 4) is 0 Å². The number of carbonyl (C=O) groups excluding carboxylic acids is 2. The molecule has 0 spiro atoms. The van der Waals surface area contributed by atoms with Crippen molar-refractivity contribution in [2.45, 2.75) is 26.3 Å². The number of primary amides is 1. The zero-order valence-electron chi connectivity index (χ0n) is 18.4. The summed E-state index contributed by atoms with van der Waals surface area (Å²) in [4.78, 5) is 29.9. The molecular formula is C24H32IN5O2. The molecule has 0 aromatic heterocycles. The van der Waals surface area contributed by atoms with Crippen LogP contribution in [-0.4, -0.2) is 48.9 Å². The van der Waals surface area contributed by atoms with E-state index in [9.17, 15) is 9.59 Å². The van der Waals surface area contributed by atoms with E-state index < -0.39 is 5.91 Å². The number of benzene rings is 2. The Bertz CT molecular complexity index is 902. The summed E-state index contributed by atoms with van der Waals surface area (Å²) >= 11 is 0. The summed E-state index contributed by atoms with van der Waals surface area (Å²) in [6.45, 7) is 5.26. The summed E-state index contributed by atoms with van der Waals surface area (Å²) in [5.74, 6) is 0.678. The summed E-state index contributed by atoms with van der Waals surface area (Å²) in [5, 5.41) is 5.89. The molecule has 2 amide bonds. The third-order valence-corrected chi connectivity index (χ3v) is 5.34. The van der Waals surface area contributed by atoms with Crippen molar-refractivity contribution in [3.05, 3.63) is 71.3 Å². The number of likely N-dealkylation sites (tertiary alicyclic amines) is 1. The van der Waals surface area contributed by atoms with Crippen LogP contribution in [0.2, 0.25) is 0 Å². The molecule has 1 unspecified atom stereocenters. The quantitative estimate of drug-likeness (QED) is 0.268. The average molecular weight is 549 g/mol. The minimum absolute atomic E-state index is 0. The molecule has 0 aliphatic carbocycles. The Labute approximate surface area is 206 Å². The van der Waals surface area contributed by atoms with Crippen molar-refractivity contribution in [2.75, 3.05) is 26.2 Å². The first kappa shape index (κ1) is 25.6. The van der Waals surface area contributed by atoms with Crippen molar-refractivity contribution in [1.82, 2.24) is 15.5 Å². The van der Waals surface area contributed by atoms with Crippen LogP contribution in [0.15, 0.2) is 59.6 Å². The second-order valence-electron chi connectivity index (χ2n) is 7.81. The van der Waals surface area contributed by atoms with E-state index in [0.29, 0.717) is 18.0 Å². The van der Waals surface area contributed by atoms with E-state index in [1.165, 1.54) is 5.56 Å². The summed E-state index contributed by atoms with van der Waals surface area (Å²) in [6, 6.07) is 17.9. The lowest BCUT2D eigenvalue weighted by atomic mass is 9.99. The highest BCUT2D eigenvalue weighted by molar-refractivity contribution is 14.0. The second-order valence-corrected chi connectivity index (χ2v) is 7.81. The zero-order valence-corrected chi connectivity index (χ0v) is 20.8. The van der Waals surface area contributed by atoms with Crippen molar-refractivity contribution in [2.24, 2.45) is 16.6 Å². The van der Waals surface area contributed by atoms with Crippen LogP contribution in [0.5, 0.6) is 0 Å². The first-order valence-corrected chi connectivity index (χ1v) is 10.8. The fourth-order valence-corrected chi connectivity index (χ4v) is 3.76. The van der Waals surface area contributed by atoms with Gasteiger partial charge in [0.15, 0.2) is 5.96 Å². The molecule has 1 atom stereocenters. The number of guanidine groups is 1. The summed E-state index contributed by atoms with van der Waals surface area (Å²) < 4.78 is 0. The molecule has 1 saturated heterocycles. The molecule has 3 rings (SSSR count). The molecule has 1 aliphatic heterocycles. The van der Waals surface area contributed by atoms with Gasteiger partial charge in [0.2, 0.25) is 5.91 Å². The Hall–Kier alpha value is -2.62. The van der Waals surface area contributed by atoms with Gasteiger partial charge in [-0.3, -0.25) is 9.59 Å². The first-order valence-electron chi connectivity index (χ1n) is 10.8. The molecule has 1 aliphatic rings. The van der Waals surface area contributed by atoms with Crippen LogP contribution in [0.25, 0.3) is 0 Å². The van der Waals surface area contributed by atoms with Crippen LogP contribution in [0.4, 0.5) is 0 Å². The van der Waals surface area contributed by atoms with E-state index in [1.807, 2.05) is 12.1 Å². The summed E-state index contributed by atoms with van der Waals surface area (Å²) in [5.41, 5.74) is 7.95. The van der Waals surface area contributed by atoms with Gasteiger partial charge in [0, 0.05) is 25.2 Å². The smallest absolute Gasteiger partial charge is 0.251 e. The predicted octanol–water partition coefficient (Wildman–Crippen LogP) is 2.55. The van der Waals surface area contributed by atoms with E-state index in [0.717, 1.165) is 44.0 Å². The third-order valence-electron chi connectivity index (χ3n) is 5.34. The number of hydrogen-bond donors (Lipinski definition) is 3. The number of amides is 2. The van der Waals surface area contributed by atoms with E-state index >= 15 is 0 Å². The van der Waals surface area contributed by atoms with Gasteiger partial charge in [0.25, 0.3) is 5.91 Å². The largest absolute Gasteiger partial charge is 0.368 e. The molecule has 7 nitrogen and oxygen atoms in total. The van der Waals surface area contributed by atoms with Gasteiger partial charge in [-0.25, -0.2) is 4.99 Å². The number of carbonyl (C=O) groups is 2. The average Bonchev–Trinajstić information content (AvgIpc) is 3.24. The molecule has 4 N–H and O–H groups in total. The summed E-state index contributed by atoms with van der Waals surface area (Å²) in [7, 11) is 0. The van der Waals surface area contributed by atoms with Gasteiger partial charge >= 0.3 is 0 Å². The number of nitrogens with two attached hydrogens (primary N) is 1. The maximum Gasteiger partial charge on any atom is 0.251 e. The molecule has 2 aromatic rings. The molecule has 0 bridgehead atoms. The van der Waals surface area contributed by atoms with E-state index in [1.54, 1.807) is 12.1 Å². The lowest BCUT2D eigenvalue weighted by Crippen LogP contribution is -2.40. The third kappa shape index (κ3) is 7.81. The van der Waals surface area contributed by atoms with Gasteiger partial charge in [-0.1, -0.05) is 42.5 Å². The minimum atomic E-state index is -0.566. The Kier molecular flexibility index (Phi) is 10.5. The van der Waals surface area contributed by atoms with Crippen LogP contribution in [0, 0.1) is 5.92 Å². The van der Waals surface area contributed by atoms with Crippen LogP contribution in [0.1, 0.15) is 34.8 Å². The number of nitrogens with one attached hydrogen (secondary N) is 2. The predicted molar refractivity (Wildman–Crippen MR) is 138 cm³/mol. The molecule has 172 valence electrons. The monoisotopic (exact) mass is 549 g/mol. The Morgan fingerprint density at radius 1 is 1.06 bits per heavy atom. The molecule has 0 radical (unpaired) electrons. The van der Waals surface area contributed by atoms with Gasteiger partial charge in [-0.2, -0.15) is 0 Å². The lowest BCUT2D eigenvalue weighted by molar-refractivity contribution is -0.117. The van der Waals surface area contributed by atoms with Crippen molar-refractivity contribution >= 4 is 41.8 Å². The first-order chi connectivity index (χ1) is 15.0. The molecule has 8 heteroatoms. The van der Waals surface area contributed by atoms with E-state index in [-0.39, 0.29) is 36.4 Å². The van der Waals surface area contributed by atoms with E-state index in [2.05, 4.69) is 52.8 Å². The standard InChI is InChI=1S/C24H31N5O2.HI/c1-2-26-24(29-13-12-20(17-29)14-18-6-4-3-5-7-18)28-15-19-8-10-21(11-9-19)23(31)27-16-22(25)30;/h3-11,20H,2,12-17H2,1H3,(H2,25,30)(H,26,28)(H,27,31);1H. The maximum absolute atomic E-state index is 12.0. The van der Waals surface area contributed by atoms with Gasteiger partial charge in [0.1, 0.15) is 0 Å². The SMILES string of the molecule is CCNC(=NCc1ccc(C(=O)NCC(N)=O)cc1)N1CCC(Cc2ccccc2)C1.I. The normalized spacial score (nSPS) is 15.7. The van der Waals surface area contributed by atoms with Crippen molar-refractivity contribution in [1.29, 1.82) is 0 Å². The highest BCUT2D eigenvalue weighted by Gasteiger charge is 2.24. The minimum Gasteiger partial charge on any atom is -0.368 e. The second kappa shape index (κ2) is 13.0. The molecule has 2 aromatic carbocycles. The summed E-state index contributed by atoms with van der Waals surface area (Å²) in [6.07, 6.45) is 2.25. The van der Waals surface area contributed by atoms with E-state index in [4.69, 9.17) is 10.7 Å². The fourth-order valence-electron chi connectivity index (χ4n) is 3.76. The Balaban J connectivity index is 0.00000363. The van der Waals surface area contributed by atoms with Crippen molar-refractivity contribution in [3.63, 3.8) is 0 Å². The molecular weight excluding hydrogens is 517 g/mol. The number of halogens is 1. The molecule has 1 fully saturated rings. The molecule has 1 heterocycles. The van der Waals surface area contributed by atoms with Crippen LogP contribution in [0.3, 0.4) is 0 Å².